The first kappa shape index (κ1) is 22.9. The molecule has 172 valence electrons. The minimum absolute atomic E-state index is 0.0331. The second kappa shape index (κ2) is 9.33. The first-order valence-electron chi connectivity index (χ1n) is 10.7. The number of imidazole rings is 1. The van der Waals surface area contributed by atoms with Crippen LogP contribution in [0.25, 0.3) is 16.9 Å². The quantitative estimate of drug-likeness (QED) is 0.393. The van der Waals surface area contributed by atoms with Gasteiger partial charge >= 0.3 is 0 Å². The number of aryl methyl sites for hydroxylation is 1. The number of para-hydroxylation sites is 2. The Kier molecular flexibility index (Phi) is 6.49. The van der Waals surface area contributed by atoms with Crippen molar-refractivity contribution < 1.29 is 13.2 Å². The molecule has 0 amide bonds. The van der Waals surface area contributed by atoms with Gasteiger partial charge in [0.2, 0.25) is 15.0 Å². The molecule has 4 aromatic rings. The van der Waals surface area contributed by atoms with Gasteiger partial charge in [-0.05, 0) is 44.7 Å². The largest absolute Gasteiger partial charge is 0.492 e. The zero-order valence-electron chi connectivity index (χ0n) is 19.3. The van der Waals surface area contributed by atoms with Crippen molar-refractivity contribution in [2.45, 2.75) is 25.5 Å². The van der Waals surface area contributed by atoms with Gasteiger partial charge < -0.3 is 4.74 Å². The monoisotopic (exact) mass is 464 g/mol. The number of sulfone groups is 1. The number of nitrogens with zero attached hydrogens (tertiary/aromatic N) is 4. The highest BCUT2D eigenvalue weighted by atomic mass is 32.2. The van der Waals surface area contributed by atoms with Crippen LogP contribution in [0.4, 0.5) is 0 Å². The lowest BCUT2D eigenvalue weighted by atomic mass is 10.1. The Morgan fingerprint density at radius 2 is 1.76 bits per heavy atom. The minimum Gasteiger partial charge on any atom is -0.492 e. The zero-order valence-corrected chi connectivity index (χ0v) is 20.1. The smallest absolute Gasteiger partial charge is 0.234 e. The number of ether oxygens (including phenoxy) is 1. The van der Waals surface area contributed by atoms with Crippen LogP contribution >= 0.6 is 0 Å². The van der Waals surface area contributed by atoms with Crippen LogP contribution in [0.15, 0.2) is 66.0 Å². The van der Waals surface area contributed by atoms with Crippen molar-refractivity contribution in [1.29, 1.82) is 0 Å². The van der Waals surface area contributed by atoms with Gasteiger partial charge in [0.15, 0.2) is 0 Å². The highest BCUT2D eigenvalue weighted by molar-refractivity contribution is 7.90. The van der Waals surface area contributed by atoms with Gasteiger partial charge in [-0.25, -0.2) is 18.4 Å². The lowest BCUT2D eigenvalue weighted by Gasteiger charge is -2.18. The molecule has 0 aliphatic heterocycles. The number of hydrogen-bond acceptors (Lipinski definition) is 6. The summed E-state index contributed by atoms with van der Waals surface area (Å²) >= 11 is 0. The first-order valence-corrected chi connectivity index (χ1v) is 12.6. The third-order valence-corrected chi connectivity index (χ3v) is 6.44. The molecule has 0 aliphatic carbocycles. The number of pyridine rings is 1. The molecule has 0 atom stereocenters. The van der Waals surface area contributed by atoms with Crippen molar-refractivity contribution in [3.8, 4) is 11.6 Å². The lowest BCUT2D eigenvalue weighted by Crippen LogP contribution is -2.24. The maximum atomic E-state index is 12.5. The van der Waals surface area contributed by atoms with Crippen molar-refractivity contribution in [2.75, 3.05) is 26.5 Å². The summed E-state index contributed by atoms with van der Waals surface area (Å²) in [5.41, 5.74) is 4.54. The normalized spacial score (nSPS) is 11.9. The van der Waals surface area contributed by atoms with E-state index in [1.165, 1.54) is 11.1 Å². The Morgan fingerprint density at radius 1 is 1.03 bits per heavy atom. The maximum absolute atomic E-state index is 12.5. The van der Waals surface area contributed by atoms with E-state index in [1.807, 2.05) is 25.1 Å². The second-order valence-electron chi connectivity index (χ2n) is 8.32. The first-order chi connectivity index (χ1) is 15.7. The average Bonchev–Trinajstić information content (AvgIpc) is 3.17. The van der Waals surface area contributed by atoms with E-state index in [1.54, 1.807) is 22.9 Å². The van der Waals surface area contributed by atoms with Crippen LogP contribution < -0.4 is 4.74 Å². The Labute approximate surface area is 194 Å². The molecule has 0 bridgehead atoms. The molecule has 0 radical (unpaired) electrons. The zero-order chi connectivity index (χ0) is 23.6. The van der Waals surface area contributed by atoms with Gasteiger partial charge in [0.1, 0.15) is 18.2 Å². The van der Waals surface area contributed by atoms with Crippen molar-refractivity contribution in [1.82, 2.24) is 19.4 Å². The number of rotatable bonds is 8. The molecule has 2 aromatic heterocycles. The van der Waals surface area contributed by atoms with E-state index < -0.39 is 9.84 Å². The van der Waals surface area contributed by atoms with E-state index in [9.17, 15) is 8.42 Å². The Bertz CT molecular complexity index is 1380. The molecule has 0 spiro atoms. The summed E-state index contributed by atoms with van der Waals surface area (Å²) in [7, 11) is -1.51. The van der Waals surface area contributed by atoms with Crippen molar-refractivity contribution in [2.24, 2.45) is 0 Å². The van der Waals surface area contributed by atoms with Crippen LogP contribution in [0.1, 0.15) is 16.7 Å². The number of fused-ring (bicyclic) bond motifs is 1. The molecule has 8 heteroatoms. The number of benzene rings is 2. The molecule has 0 saturated carbocycles. The van der Waals surface area contributed by atoms with Crippen LogP contribution in [0, 0.1) is 13.8 Å². The molecular formula is C25H28N4O3S. The predicted octanol–water partition coefficient (Wildman–Crippen LogP) is 3.95. The van der Waals surface area contributed by atoms with Gasteiger partial charge in [-0.1, -0.05) is 42.0 Å². The maximum Gasteiger partial charge on any atom is 0.234 e. The van der Waals surface area contributed by atoms with E-state index in [0.29, 0.717) is 29.2 Å². The van der Waals surface area contributed by atoms with Gasteiger partial charge in [-0.3, -0.25) is 9.47 Å². The number of aromatic nitrogens is 3. The van der Waals surface area contributed by atoms with Gasteiger partial charge in [0.05, 0.1) is 11.0 Å². The van der Waals surface area contributed by atoms with Gasteiger partial charge in [0, 0.05) is 31.1 Å². The van der Waals surface area contributed by atoms with Gasteiger partial charge in [0.25, 0.3) is 0 Å². The van der Waals surface area contributed by atoms with E-state index in [-0.39, 0.29) is 5.16 Å². The minimum atomic E-state index is -3.57. The van der Waals surface area contributed by atoms with Crippen molar-refractivity contribution in [3.63, 3.8) is 0 Å². The summed E-state index contributed by atoms with van der Waals surface area (Å²) in [5, 5.41) is -0.0331. The molecule has 2 aromatic carbocycles. The molecule has 0 aliphatic rings. The van der Waals surface area contributed by atoms with Crippen LogP contribution in [-0.4, -0.2) is 54.3 Å². The van der Waals surface area contributed by atoms with Gasteiger partial charge in [-0.2, -0.15) is 0 Å². The molecule has 0 saturated heterocycles. The lowest BCUT2D eigenvalue weighted by molar-refractivity contribution is 0.232. The third-order valence-electron chi connectivity index (χ3n) is 5.50. The number of hydrogen-bond donors (Lipinski definition) is 0. The highest BCUT2D eigenvalue weighted by Crippen LogP contribution is 2.29. The van der Waals surface area contributed by atoms with E-state index >= 15 is 0 Å². The standard InChI is InChI=1S/C25H28N4O3S/c1-18-9-11-20(12-10-18)17-28(3)15-16-32-23-13-14-26-24(19(23)2)29-22-8-6-5-7-21(22)27-25(29)33(4,30)31/h5-14H,15-17H2,1-4H3. The Balaban J connectivity index is 1.55. The fraction of sp³-hybridized carbons (Fsp3) is 0.280. The molecule has 0 unspecified atom stereocenters. The van der Waals surface area contributed by atoms with Crippen molar-refractivity contribution in [3.05, 3.63) is 77.5 Å². The molecule has 0 N–H and O–H groups in total. The summed E-state index contributed by atoms with van der Waals surface area (Å²) in [6.07, 6.45) is 2.79. The molecular weight excluding hydrogens is 436 g/mol. The molecule has 2 heterocycles. The van der Waals surface area contributed by atoms with E-state index in [0.717, 1.165) is 24.9 Å². The summed E-state index contributed by atoms with van der Waals surface area (Å²) in [6.45, 7) is 6.04. The fourth-order valence-corrected chi connectivity index (χ4v) is 4.52. The molecule has 7 nitrogen and oxygen atoms in total. The van der Waals surface area contributed by atoms with E-state index in [2.05, 4.69) is 53.1 Å². The molecule has 4 rings (SSSR count). The van der Waals surface area contributed by atoms with Gasteiger partial charge in [-0.15, -0.1) is 0 Å². The SMILES string of the molecule is Cc1ccc(CN(C)CCOc2ccnc(-n3c(S(C)(=O)=O)nc4ccccc43)c2C)cc1. The predicted molar refractivity (Wildman–Crippen MR) is 130 cm³/mol. The Hall–Kier alpha value is -3.23. The number of likely N-dealkylation sites (N-methyl/N-ethyl adjacent to an activating group) is 1. The van der Waals surface area contributed by atoms with Crippen LogP contribution in [0.3, 0.4) is 0 Å². The molecule has 0 fully saturated rings. The average molecular weight is 465 g/mol. The summed E-state index contributed by atoms with van der Waals surface area (Å²) in [5.74, 6) is 1.16. The third kappa shape index (κ3) is 5.07. The van der Waals surface area contributed by atoms with E-state index in [4.69, 9.17) is 4.74 Å². The molecule has 33 heavy (non-hydrogen) atoms. The van der Waals surface area contributed by atoms with Crippen LogP contribution in [-0.2, 0) is 16.4 Å². The van der Waals surface area contributed by atoms with Crippen molar-refractivity contribution >= 4 is 20.9 Å². The van der Waals surface area contributed by atoms with Crippen LogP contribution in [0.2, 0.25) is 0 Å². The second-order valence-corrected chi connectivity index (χ2v) is 10.2. The summed E-state index contributed by atoms with van der Waals surface area (Å²) in [6, 6.07) is 17.6. The highest BCUT2D eigenvalue weighted by Gasteiger charge is 2.23. The van der Waals surface area contributed by atoms with Crippen LogP contribution in [0.5, 0.6) is 5.75 Å². The summed E-state index contributed by atoms with van der Waals surface area (Å²) in [4.78, 5) is 11.0. The Morgan fingerprint density at radius 3 is 2.48 bits per heavy atom. The topological polar surface area (TPSA) is 77.3 Å². The summed E-state index contributed by atoms with van der Waals surface area (Å²) < 4.78 is 32.6. The fourth-order valence-electron chi connectivity index (χ4n) is 3.74.